The van der Waals surface area contributed by atoms with Crippen LogP contribution in [0.2, 0.25) is 0 Å². The van der Waals surface area contributed by atoms with E-state index in [0.717, 1.165) is 22.7 Å². The number of ether oxygens (including phenoxy) is 1. The van der Waals surface area contributed by atoms with Gasteiger partial charge in [-0.15, -0.1) is 11.8 Å². The van der Waals surface area contributed by atoms with E-state index in [-0.39, 0.29) is 22.6 Å². The Kier molecular flexibility index (Phi) is 6.52. The Balaban J connectivity index is 1.79. The molecule has 1 fully saturated rings. The van der Waals surface area contributed by atoms with E-state index in [4.69, 9.17) is 4.74 Å². The number of anilines is 2. The molecule has 0 spiro atoms. The second kappa shape index (κ2) is 8.91. The molecule has 1 unspecified atom stereocenters. The highest BCUT2D eigenvalue weighted by Crippen LogP contribution is 2.42. The van der Waals surface area contributed by atoms with Gasteiger partial charge in [-0.2, -0.15) is 0 Å². The van der Waals surface area contributed by atoms with Gasteiger partial charge in [-0.05, 0) is 54.3 Å². The van der Waals surface area contributed by atoms with Crippen LogP contribution in [0.1, 0.15) is 45.1 Å². The van der Waals surface area contributed by atoms with Gasteiger partial charge >= 0.3 is 0 Å². The maximum Gasteiger partial charge on any atom is 0.238 e. The Morgan fingerprint density at radius 2 is 1.93 bits per heavy atom. The van der Waals surface area contributed by atoms with Crippen molar-refractivity contribution < 1.29 is 14.3 Å². The molecule has 1 N–H and O–H groups in total. The summed E-state index contributed by atoms with van der Waals surface area (Å²) >= 11 is 1.59. The molecule has 1 atom stereocenters. The monoisotopic (exact) mass is 412 g/mol. The summed E-state index contributed by atoms with van der Waals surface area (Å²) in [7, 11) is 0. The second-order valence-corrected chi connectivity index (χ2v) is 9.33. The van der Waals surface area contributed by atoms with Crippen molar-refractivity contribution in [1.29, 1.82) is 0 Å². The highest BCUT2D eigenvalue weighted by Gasteiger charge is 2.34. The zero-order valence-electron chi connectivity index (χ0n) is 17.4. The highest BCUT2D eigenvalue weighted by molar-refractivity contribution is 8.00. The maximum atomic E-state index is 12.6. The van der Waals surface area contributed by atoms with Gasteiger partial charge in [0.1, 0.15) is 11.1 Å². The number of amides is 2. The van der Waals surface area contributed by atoms with Gasteiger partial charge in [-0.3, -0.25) is 14.5 Å². The molecule has 0 aliphatic carbocycles. The molecule has 154 valence electrons. The molecule has 0 saturated carbocycles. The molecular weight excluding hydrogens is 384 g/mol. The van der Waals surface area contributed by atoms with Gasteiger partial charge in [0.05, 0.1) is 12.4 Å². The first-order chi connectivity index (χ1) is 13.8. The Bertz CT molecular complexity index is 874. The lowest BCUT2D eigenvalue weighted by atomic mass is 9.92. The highest BCUT2D eigenvalue weighted by atomic mass is 32.2. The Labute approximate surface area is 176 Å². The standard InChI is InChI=1S/C23H28N2O3S/c1-5-28-19-11-9-18(10-12-19)25-21(27)15-29-22(25)16-7-6-8-17(13-16)24-20(26)14-23(2,3)4/h6-13,22H,5,14-15H2,1-4H3,(H,24,26). The van der Waals surface area contributed by atoms with E-state index in [0.29, 0.717) is 18.8 Å². The van der Waals surface area contributed by atoms with Gasteiger partial charge in [0, 0.05) is 17.8 Å². The van der Waals surface area contributed by atoms with Crippen LogP contribution in [0.15, 0.2) is 48.5 Å². The zero-order valence-corrected chi connectivity index (χ0v) is 18.2. The SMILES string of the molecule is CCOc1ccc(N2C(=O)CSC2c2cccc(NC(=O)CC(C)(C)C)c2)cc1. The molecule has 1 heterocycles. The molecule has 2 amide bonds. The van der Waals surface area contributed by atoms with Gasteiger partial charge < -0.3 is 10.1 Å². The lowest BCUT2D eigenvalue weighted by molar-refractivity contribution is -0.118. The van der Waals surface area contributed by atoms with E-state index in [1.807, 2.05) is 81.1 Å². The molecule has 1 aliphatic heterocycles. The fourth-order valence-electron chi connectivity index (χ4n) is 3.28. The first kappa shape index (κ1) is 21.2. The van der Waals surface area contributed by atoms with Crippen molar-refractivity contribution >= 4 is 35.0 Å². The van der Waals surface area contributed by atoms with Gasteiger partial charge in [0.2, 0.25) is 11.8 Å². The summed E-state index contributed by atoms with van der Waals surface area (Å²) in [6, 6.07) is 15.3. The Morgan fingerprint density at radius 3 is 2.59 bits per heavy atom. The van der Waals surface area contributed by atoms with E-state index < -0.39 is 0 Å². The molecule has 1 aliphatic rings. The molecular formula is C23H28N2O3S. The van der Waals surface area contributed by atoms with E-state index >= 15 is 0 Å². The maximum absolute atomic E-state index is 12.6. The minimum absolute atomic E-state index is 0.00632. The van der Waals surface area contributed by atoms with Crippen molar-refractivity contribution in [2.75, 3.05) is 22.6 Å². The number of carbonyl (C=O) groups excluding carboxylic acids is 2. The largest absolute Gasteiger partial charge is 0.494 e. The first-order valence-corrected chi connectivity index (χ1v) is 10.9. The summed E-state index contributed by atoms with van der Waals surface area (Å²) in [4.78, 5) is 26.7. The first-order valence-electron chi connectivity index (χ1n) is 9.83. The van der Waals surface area contributed by atoms with Crippen molar-refractivity contribution in [2.24, 2.45) is 5.41 Å². The molecule has 0 radical (unpaired) electrons. The number of nitrogens with one attached hydrogen (secondary N) is 1. The lowest BCUT2D eigenvalue weighted by Gasteiger charge is -2.25. The Morgan fingerprint density at radius 1 is 1.21 bits per heavy atom. The quantitative estimate of drug-likeness (QED) is 0.705. The van der Waals surface area contributed by atoms with Crippen LogP contribution >= 0.6 is 11.8 Å². The average Bonchev–Trinajstić information content (AvgIpc) is 3.03. The van der Waals surface area contributed by atoms with Gasteiger partial charge in [-0.25, -0.2) is 0 Å². The normalized spacial score (nSPS) is 16.8. The minimum atomic E-state index is -0.125. The van der Waals surface area contributed by atoms with Crippen LogP contribution in [0.3, 0.4) is 0 Å². The number of hydrogen-bond acceptors (Lipinski definition) is 4. The van der Waals surface area contributed by atoms with Crippen LogP contribution < -0.4 is 15.0 Å². The molecule has 0 aromatic heterocycles. The van der Waals surface area contributed by atoms with Crippen LogP contribution in [0.25, 0.3) is 0 Å². The van der Waals surface area contributed by atoms with Gasteiger partial charge in [0.25, 0.3) is 0 Å². The molecule has 3 rings (SSSR count). The molecule has 5 nitrogen and oxygen atoms in total. The van der Waals surface area contributed by atoms with Crippen LogP contribution in [-0.4, -0.2) is 24.2 Å². The van der Waals surface area contributed by atoms with E-state index in [1.165, 1.54) is 0 Å². The predicted octanol–water partition coefficient (Wildman–Crippen LogP) is 5.24. The Hall–Kier alpha value is -2.47. The predicted molar refractivity (Wildman–Crippen MR) is 119 cm³/mol. The third-order valence-electron chi connectivity index (χ3n) is 4.44. The van der Waals surface area contributed by atoms with E-state index in [9.17, 15) is 9.59 Å². The molecule has 29 heavy (non-hydrogen) atoms. The van der Waals surface area contributed by atoms with Crippen molar-refractivity contribution in [2.45, 2.75) is 39.5 Å². The van der Waals surface area contributed by atoms with Crippen LogP contribution in [0.4, 0.5) is 11.4 Å². The van der Waals surface area contributed by atoms with Crippen LogP contribution in [-0.2, 0) is 9.59 Å². The summed E-state index contributed by atoms with van der Waals surface area (Å²) in [5.74, 6) is 1.29. The number of rotatable bonds is 6. The summed E-state index contributed by atoms with van der Waals surface area (Å²) < 4.78 is 5.50. The van der Waals surface area contributed by atoms with Crippen molar-refractivity contribution in [3.05, 3.63) is 54.1 Å². The fraction of sp³-hybridized carbons (Fsp3) is 0.391. The third kappa shape index (κ3) is 5.54. The van der Waals surface area contributed by atoms with Gasteiger partial charge in [-0.1, -0.05) is 32.9 Å². The number of thioether (sulfide) groups is 1. The number of carbonyl (C=O) groups is 2. The smallest absolute Gasteiger partial charge is 0.238 e. The number of hydrogen-bond donors (Lipinski definition) is 1. The molecule has 1 saturated heterocycles. The van der Waals surface area contributed by atoms with Crippen LogP contribution in [0.5, 0.6) is 5.75 Å². The summed E-state index contributed by atoms with van der Waals surface area (Å²) in [6.45, 7) is 8.67. The minimum Gasteiger partial charge on any atom is -0.494 e. The van der Waals surface area contributed by atoms with Crippen molar-refractivity contribution in [1.82, 2.24) is 0 Å². The van der Waals surface area contributed by atoms with Crippen molar-refractivity contribution in [3.63, 3.8) is 0 Å². The summed E-state index contributed by atoms with van der Waals surface area (Å²) in [5, 5.41) is 2.86. The van der Waals surface area contributed by atoms with Crippen molar-refractivity contribution in [3.8, 4) is 5.75 Å². The molecule has 2 aromatic carbocycles. The summed E-state index contributed by atoms with van der Waals surface area (Å²) in [6.07, 6.45) is 0.451. The lowest BCUT2D eigenvalue weighted by Crippen LogP contribution is -2.27. The zero-order chi connectivity index (χ0) is 21.0. The fourth-order valence-corrected chi connectivity index (χ4v) is 4.44. The number of nitrogens with zero attached hydrogens (tertiary/aromatic N) is 1. The van der Waals surface area contributed by atoms with E-state index in [1.54, 1.807) is 11.8 Å². The molecule has 2 aromatic rings. The van der Waals surface area contributed by atoms with Crippen LogP contribution in [0, 0.1) is 5.41 Å². The number of benzene rings is 2. The van der Waals surface area contributed by atoms with E-state index in [2.05, 4.69) is 5.32 Å². The summed E-state index contributed by atoms with van der Waals surface area (Å²) in [5.41, 5.74) is 2.52. The molecule has 0 bridgehead atoms. The van der Waals surface area contributed by atoms with Gasteiger partial charge in [0.15, 0.2) is 0 Å². The molecule has 6 heteroatoms. The average molecular weight is 413 g/mol. The third-order valence-corrected chi connectivity index (χ3v) is 5.65. The second-order valence-electron chi connectivity index (χ2n) is 8.27. The topological polar surface area (TPSA) is 58.6 Å².